The van der Waals surface area contributed by atoms with Crippen molar-refractivity contribution in [1.82, 2.24) is 16.0 Å². The van der Waals surface area contributed by atoms with Gasteiger partial charge in [-0.25, -0.2) is 18.4 Å². The van der Waals surface area contributed by atoms with Crippen molar-refractivity contribution in [2.24, 2.45) is 5.92 Å². The SMILES string of the molecule is COC(=O)N[C@H](C)C(=O)N[C@@H](CC(C)C)C(=O)N[C@@H](Cc1ccccc1)C(=O)O.O=CC(C(=O)O)c1c(F)cccc1F. The van der Waals surface area contributed by atoms with Crippen LogP contribution in [0.4, 0.5) is 13.6 Å². The maximum atomic E-state index is 13.0. The van der Waals surface area contributed by atoms with Crippen LogP contribution in [0.2, 0.25) is 0 Å². The van der Waals surface area contributed by atoms with Gasteiger partial charge in [-0.15, -0.1) is 0 Å². The summed E-state index contributed by atoms with van der Waals surface area (Å²) in [4.78, 5) is 68.7. The van der Waals surface area contributed by atoms with E-state index in [9.17, 15) is 42.7 Å². The highest BCUT2D eigenvalue weighted by molar-refractivity contribution is 5.93. The number of carboxylic acids is 2. The second-order valence-corrected chi connectivity index (χ2v) is 9.72. The molecule has 14 heteroatoms. The number of carboxylic acid groups (broad SMARTS) is 2. The quantitative estimate of drug-likeness (QED) is 0.168. The van der Waals surface area contributed by atoms with Crippen LogP contribution in [0.1, 0.15) is 44.2 Å². The number of amides is 3. The summed E-state index contributed by atoms with van der Waals surface area (Å²) in [6, 6.07) is 8.82. The maximum absolute atomic E-state index is 13.0. The van der Waals surface area contributed by atoms with Gasteiger partial charge >= 0.3 is 18.0 Å². The number of hydrogen-bond donors (Lipinski definition) is 5. The zero-order valence-corrected chi connectivity index (χ0v) is 24.0. The van der Waals surface area contributed by atoms with E-state index in [0.717, 1.165) is 23.8 Å². The molecule has 0 bridgehead atoms. The van der Waals surface area contributed by atoms with Crippen molar-refractivity contribution in [1.29, 1.82) is 0 Å². The molecule has 0 heterocycles. The predicted octanol–water partition coefficient (Wildman–Crippen LogP) is 2.41. The Labute approximate surface area is 246 Å². The van der Waals surface area contributed by atoms with Crippen molar-refractivity contribution in [2.75, 3.05) is 7.11 Å². The highest BCUT2D eigenvalue weighted by atomic mass is 19.1. The third kappa shape index (κ3) is 12.3. The number of methoxy groups -OCH3 is 1. The average molecular weight is 608 g/mol. The van der Waals surface area contributed by atoms with E-state index in [1.165, 1.54) is 14.0 Å². The summed E-state index contributed by atoms with van der Waals surface area (Å²) in [5, 5.41) is 25.4. The second kappa shape index (κ2) is 17.8. The number of nitrogens with one attached hydrogen (secondary N) is 3. The van der Waals surface area contributed by atoms with E-state index in [1.54, 1.807) is 24.3 Å². The summed E-state index contributed by atoms with van der Waals surface area (Å²) < 4.78 is 30.4. The summed E-state index contributed by atoms with van der Waals surface area (Å²) in [6.45, 7) is 5.20. The molecule has 1 unspecified atom stereocenters. The van der Waals surface area contributed by atoms with Crippen LogP contribution >= 0.6 is 0 Å². The molecule has 2 aromatic carbocycles. The first-order chi connectivity index (χ1) is 20.2. The largest absolute Gasteiger partial charge is 0.480 e. The lowest BCUT2D eigenvalue weighted by Gasteiger charge is -2.24. The Balaban J connectivity index is 0.000000549. The minimum Gasteiger partial charge on any atom is -0.480 e. The zero-order chi connectivity index (χ0) is 32.7. The highest BCUT2D eigenvalue weighted by Gasteiger charge is 2.29. The van der Waals surface area contributed by atoms with Crippen LogP contribution in [0.5, 0.6) is 0 Å². The molecule has 0 spiro atoms. The number of hydrogen-bond acceptors (Lipinski definition) is 7. The number of halogens is 2. The van der Waals surface area contributed by atoms with Crippen molar-refractivity contribution >= 4 is 36.1 Å². The maximum Gasteiger partial charge on any atom is 0.407 e. The third-order valence-electron chi connectivity index (χ3n) is 5.86. The average Bonchev–Trinajstić information content (AvgIpc) is 2.94. The number of carbonyl (C=O) groups is 6. The van der Waals surface area contributed by atoms with Crippen LogP contribution in [0.3, 0.4) is 0 Å². The van der Waals surface area contributed by atoms with Crippen LogP contribution < -0.4 is 16.0 Å². The van der Waals surface area contributed by atoms with Crippen LogP contribution in [-0.4, -0.2) is 71.6 Å². The summed E-state index contributed by atoms with van der Waals surface area (Å²) >= 11 is 0. The number of alkyl carbamates (subject to hydrolysis) is 1. The lowest BCUT2D eigenvalue weighted by molar-refractivity contribution is -0.142. The van der Waals surface area contributed by atoms with Crippen LogP contribution in [-0.2, 0) is 35.1 Å². The topological polar surface area (TPSA) is 188 Å². The molecule has 12 nitrogen and oxygen atoms in total. The predicted molar refractivity (Wildman–Crippen MR) is 149 cm³/mol. The molecule has 0 saturated heterocycles. The molecule has 2 aromatic rings. The number of aldehydes is 1. The molecule has 43 heavy (non-hydrogen) atoms. The van der Waals surface area contributed by atoms with Gasteiger partial charge in [-0.2, -0.15) is 0 Å². The fourth-order valence-electron chi connectivity index (χ4n) is 3.68. The Morgan fingerprint density at radius 1 is 0.814 bits per heavy atom. The van der Waals surface area contributed by atoms with Crippen LogP contribution in [0.15, 0.2) is 48.5 Å². The molecule has 0 aliphatic heterocycles. The summed E-state index contributed by atoms with van der Waals surface area (Å²) in [6.07, 6.45) is -0.361. The molecule has 234 valence electrons. The van der Waals surface area contributed by atoms with E-state index < -0.39 is 71.1 Å². The van der Waals surface area contributed by atoms with E-state index in [1.807, 2.05) is 19.9 Å². The van der Waals surface area contributed by atoms with E-state index in [2.05, 4.69) is 20.7 Å². The molecule has 0 fully saturated rings. The minimum atomic E-state index is -1.80. The number of rotatable bonds is 13. The second-order valence-electron chi connectivity index (χ2n) is 9.72. The Kier molecular flexibility index (Phi) is 15.0. The Bertz CT molecular complexity index is 1250. The van der Waals surface area contributed by atoms with Gasteiger partial charge in [0.25, 0.3) is 0 Å². The van der Waals surface area contributed by atoms with Crippen molar-refractivity contribution in [3.8, 4) is 0 Å². The lowest BCUT2D eigenvalue weighted by atomic mass is 10.00. The molecule has 0 aliphatic carbocycles. The standard InChI is InChI=1S/C20H29N3O6.C9H6F2O3/c1-12(2)10-15(22-17(24)13(3)21-20(28)29-4)18(25)23-16(19(26)27)11-14-8-6-5-7-9-14;10-6-2-1-3-7(11)8(6)5(4-12)9(13)14/h5-9,12-13,15-16H,10-11H2,1-4H3,(H,21,28)(H,22,24)(H,23,25)(H,26,27);1-5H,(H,13,14)/t13-,15+,16+;/m1./s1. The molecule has 2 rings (SSSR count). The Morgan fingerprint density at radius 3 is 1.84 bits per heavy atom. The van der Waals surface area contributed by atoms with Gasteiger partial charge in [0.1, 0.15) is 42.0 Å². The zero-order valence-electron chi connectivity index (χ0n) is 24.0. The molecule has 0 radical (unpaired) electrons. The van der Waals surface area contributed by atoms with Crippen molar-refractivity contribution in [3.63, 3.8) is 0 Å². The van der Waals surface area contributed by atoms with Crippen molar-refractivity contribution in [3.05, 3.63) is 71.3 Å². The molecular formula is C29H35F2N3O9. The number of aliphatic carboxylic acids is 2. The first-order valence-corrected chi connectivity index (χ1v) is 13.1. The van der Waals surface area contributed by atoms with E-state index in [0.29, 0.717) is 6.42 Å². The highest BCUT2D eigenvalue weighted by Crippen LogP contribution is 2.21. The minimum absolute atomic E-state index is 0.0101. The first-order valence-electron chi connectivity index (χ1n) is 13.1. The van der Waals surface area contributed by atoms with Crippen molar-refractivity contribution < 1.29 is 52.5 Å². The third-order valence-corrected chi connectivity index (χ3v) is 5.86. The summed E-state index contributed by atoms with van der Waals surface area (Å²) in [5.74, 6) is -7.73. The Hall–Kier alpha value is -4.88. The lowest BCUT2D eigenvalue weighted by Crippen LogP contribution is -2.55. The fourth-order valence-corrected chi connectivity index (χ4v) is 3.68. The van der Waals surface area contributed by atoms with Crippen molar-refractivity contribution in [2.45, 2.75) is 57.7 Å². The number of ether oxygens (including phenoxy) is 1. The van der Waals surface area contributed by atoms with Gasteiger partial charge in [0.05, 0.1) is 7.11 Å². The van der Waals surface area contributed by atoms with Gasteiger partial charge in [-0.3, -0.25) is 14.4 Å². The smallest absolute Gasteiger partial charge is 0.407 e. The number of carbonyl (C=O) groups excluding carboxylic acids is 4. The summed E-state index contributed by atoms with van der Waals surface area (Å²) in [7, 11) is 1.17. The molecule has 5 N–H and O–H groups in total. The molecular weight excluding hydrogens is 572 g/mol. The number of benzene rings is 2. The van der Waals surface area contributed by atoms with Gasteiger partial charge < -0.3 is 35.7 Å². The Morgan fingerprint density at radius 2 is 1.37 bits per heavy atom. The van der Waals surface area contributed by atoms with Crippen LogP contribution in [0, 0.1) is 17.6 Å². The van der Waals surface area contributed by atoms with Crippen LogP contribution in [0.25, 0.3) is 0 Å². The fraction of sp³-hybridized carbons (Fsp3) is 0.379. The molecule has 4 atom stereocenters. The summed E-state index contributed by atoms with van der Waals surface area (Å²) in [5.41, 5.74) is 0.0375. The molecule has 3 amide bonds. The van der Waals surface area contributed by atoms with Gasteiger partial charge in [-0.05, 0) is 37.0 Å². The molecule has 0 aromatic heterocycles. The van der Waals surface area contributed by atoms with E-state index >= 15 is 0 Å². The first kappa shape index (κ1) is 36.1. The van der Waals surface area contributed by atoms with Gasteiger partial charge in [0, 0.05) is 12.0 Å². The molecule has 0 aliphatic rings. The van der Waals surface area contributed by atoms with E-state index in [4.69, 9.17) is 5.11 Å². The van der Waals surface area contributed by atoms with Gasteiger partial charge in [0.2, 0.25) is 11.8 Å². The molecule has 0 saturated carbocycles. The monoisotopic (exact) mass is 607 g/mol. The normalized spacial score (nSPS) is 13.2. The van der Waals surface area contributed by atoms with Gasteiger partial charge in [0.15, 0.2) is 0 Å². The van der Waals surface area contributed by atoms with Gasteiger partial charge in [-0.1, -0.05) is 50.2 Å². The van der Waals surface area contributed by atoms with E-state index in [-0.39, 0.29) is 18.6 Å².